The summed E-state index contributed by atoms with van der Waals surface area (Å²) < 4.78 is 38.2. The standard InChI is InChI=1S/C20H20F2N4O2S/c1-12-4-5-13(2)17(8-12)28-11-15-9-14(6-7-16(15)27-3)10-23-26-19(18(21)22)24-25-20(26)29/h4-10,18H,11H2,1-3H3,(H,25,29). The lowest BCUT2D eigenvalue weighted by atomic mass is 10.1. The van der Waals surface area contributed by atoms with Crippen molar-refractivity contribution in [3.63, 3.8) is 0 Å². The number of rotatable bonds is 7. The highest BCUT2D eigenvalue weighted by atomic mass is 32.1. The van der Waals surface area contributed by atoms with Gasteiger partial charge in [0.05, 0.1) is 13.3 Å². The van der Waals surface area contributed by atoms with E-state index in [4.69, 9.17) is 21.7 Å². The fraction of sp³-hybridized carbons (Fsp3) is 0.250. The van der Waals surface area contributed by atoms with Crippen molar-refractivity contribution in [3.8, 4) is 11.5 Å². The average molecular weight is 418 g/mol. The minimum absolute atomic E-state index is 0.0106. The van der Waals surface area contributed by atoms with E-state index in [2.05, 4.69) is 15.3 Å². The summed E-state index contributed by atoms with van der Waals surface area (Å²) in [5.41, 5.74) is 3.60. The van der Waals surface area contributed by atoms with Gasteiger partial charge in [-0.05, 0) is 67.0 Å². The minimum Gasteiger partial charge on any atom is -0.496 e. The molecule has 6 nitrogen and oxygen atoms in total. The Morgan fingerprint density at radius 1 is 1.21 bits per heavy atom. The Kier molecular flexibility index (Phi) is 6.38. The highest BCUT2D eigenvalue weighted by molar-refractivity contribution is 7.71. The summed E-state index contributed by atoms with van der Waals surface area (Å²) in [4.78, 5) is 0. The van der Waals surface area contributed by atoms with Gasteiger partial charge in [0.25, 0.3) is 6.43 Å². The molecule has 0 atom stereocenters. The highest BCUT2D eigenvalue weighted by Gasteiger charge is 2.16. The number of ether oxygens (including phenoxy) is 2. The molecule has 152 valence electrons. The van der Waals surface area contributed by atoms with E-state index in [1.807, 2.05) is 38.1 Å². The quantitative estimate of drug-likeness (QED) is 0.435. The number of aryl methyl sites for hydroxylation is 2. The molecule has 0 amide bonds. The molecule has 29 heavy (non-hydrogen) atoms. The molecule has 0 aliphatic heterocycles. The second kappa shape index (κ2) is 8.95. The van der Waals surface area contributed by atoms with Gasteiger partial charge >= 0.3 is 0 Å². The minimum atomic E-state index is -2.79. The van der Waals surface area contributed by atoms with Crippen LogP contribution in [0.15, 0.2) is 41.5 Å². The van der Waals surface area contributed by atoms with E-state index in [0.717, 1.165) is 27.1 Å². The molecule has 0 unspecified atom stereocenters. The van der Waals surface area contributed by atoms with E-state index in [9.17, 15) is 8.78 Å². The largest absolute Gasteiger partial charge is 0.496 e. The van der Waals surface area contributed by atoms with Gasteiger partial charge in [0, 0.05) is 5.56 Å². The number of aromatic nitrogens is 3. The predicted octanol–water partition coefficient (Wildman–Crippen LogP) is 4.96. The first-order chi connectivity index (χ1) is 13.9. The first kappa shape index (κ1) is 20.7. The molecule has 1 N–H and O–H groups in total. The zero-order valence-electron chi connectivity index (χ0n) is 16.1. The van der Waals surface area contributed by atoms with Crippen LogP contribution < -0.4 is 9.47 Å². The maximum Gasteiger partial charge on any atom is 0.299 e. The van der Waals surface area contributed by atoms with Crippen molar-refractivity contribution >= 4 is 18.4 Å². The molecule has 0 radical (unpaired) electrons. The summed E-state index contributed by atoms with van der Waals surface area (Å²) in [6.45, 7) is 4.26. The van der Waals surface area contributed by atoms with Gasteiger partial charge in [-0.1, -0.05) is 12.1 Å². The number of nitrogens with one attached hydrogen (secondary N) is 1. The van der Waals surface area contributed by atoms with Crippen LogP contribution in [-0.2, 0) is 6.61 Å². The number of methoxy groups -OCH3 is 1. The molecule has 3 aromatic rings. The SMILES string of the molecule is COc1ccc(C=Nn2c(C(F)F)n[nH]c2=S)cc1COc1cc(C)ccc1C. The van der Waals surface area contributed by atoms with Crippen LogP contribution in [0.25, 0.3) is 0 Å². The molecule has 0 spiro atoms. The van der Waals surface area contributed by atoms with E-state index < -0.39 is 12.2 Å². The Morgan fingerprint density at radius 2 is 2.00 bits per heavy atom. The molecular weight excluding hydrogens is 398 g/mol. The number of hydrogen-bond donors (Lipinski definition) is 1. The maximum atomic E-state index is 13.0. The molecule has 0 saturated heterocycles. The second-order valence-corrected chi connectivity index (χ2v) is 6.76. The summed E-state index contributed by atoms with van der Waals surface area (Å²) in [6, 6.07) is 11.3. The molecule has 2 aromatic carbocycles. The lowest BCUT2D eigenvalue weighted by Gasteiger charge is -2.13. The lowest BCUT2D eigenvalue weighted by Crippen LogP contribution is -2.02. The maximum absolute atomic E-state index is 13.0. The number of aromatic amines is 1. The highest BCUT2D eigenvalue weighted by Crippen LogP contribution is 2.24. The molecule has 0 bridgehead atoms. The van der Waals surface area contributed by atoms with Gasteiger partial charge in [-0.2, -0.15) is 14.9 Å². The summed E-state index contributed by atoms with van der Waals surface area (Å²) in [5, 5.41) is 9.84. The molecule has 3 rings (SSSR count). The lowest BCUT2D eigenvalue weighted by molar-refractivity contribution is 0.136. The van der Waals surface area contributed by atoms with Crippen molar-refractivity contribution in [2.24, 2.45) is 5.10 Å². The smallest absolute Gasteiger partial charge is 0.299 e. The Morgan fingerprint density at radius 3 is 2.72 bits per heavy atom. The summed E-state index contributed by atoms with van der Waals surface area (Å²) >= 11 is 4.95. The molecule has 1 aromatic heterocycles. The van der Waals surface area contributed by atoms with Gasteiger partial charge in [-0.15, -0.1) is 0 Å². The van der Waals surface area contributed by atoms with E-state index in [1.54, 1.807) is 19.2 Å². The third kappa shape index (κ3) is 4.86. The Hall–Kier alpha value is -3.07. The number of benzene rings is 2. The van der Waals surface area contributed by atoms with Gasteiger partial charge in [0.15, 0.2) is 0 Å². The number of hydrogen-bond acceptors (Lipinski definition) is 5. The fourth-order valence-corrected chi connectivity index (χ4v) is 2.88. The van der Waals surface area contributed by atoms with Crippen LogP contribution in [0.5, 0.6) is 11.5 Å². The molecule has 9 heteroatoms. The molecule has 0 fully saturated rings. The van der Waals surface area contributed by atoms with E-state index >= 15 is 0 Å². The molecular formula is C20H20F2N4O2S. The van der Waals surface area contributed by atoms with Crippen LogP contribution in [0.3, 0.4) is 0 Å². The molecule has 1 heterocycles. The van der Waals surface area contributed by atoms with Crippen LogP contribution in [0.1, 0.15) is 34.5 Å². The van der Waals surface area contributed by atoms with Crippen LogP contribution in [0, 0.1) is 18.6 Å². The Balaban J connectivity index is 1.85. The first-order valence-electron chi connectivity index (χ1n) is 8.76. The number of nitrogens with zero attached hydrogens (tertiary/aromatic N) is 3. The fourth-order valence-electron chi connectivity index (χ4n) is 2.69. The second-order valence-electron chi connectivity index (χ2n) is 6.37. The Labute approximate surface area is 171 Å². The van der Waals surface area contributed by atoms with Crippen LogP contribution in [0.2, 0.25) is 0 Å². The summed E-state index contributed by atoms with van der Waals surface area (Å²) in [6.07, 6.45) is -1.37. The van der Waals surface area contributed by atoms with E-state index in [0.29, 0.717) is 11.3 Å². The van der Waals surface area contributed by atoms with E-state index in [1.165, 1.54) is 6.21 Å². The van der Waals surface area contributed by atoms with Gasteiger partial charge in [0.2, 0.25) is 10.6 Å². The van der Waals surface area contributed by atoms with Crippen molar-refractivity contribution in [1.29, 1.82) is 0 Å². The molecule has 0 saturated carbocycles. The zero-order valence-corrected chi connectivity index (χ0v) is 17.0. The summed E-state index contributed by atoms with van der Waals surface area (Å²) in [7, 11) is 1.57. The van der Waals surface area contributed by atoms with Crippen molar-refractivity contribution in [3.05, 3.63) is 69.2 Å². The summed E-state index contributed by atoms with van der Waals surface area (Å²) in [5.74, 6) is 0.899. The normalized spacial score (nSPS) is 11.4. The van der Waals surface area contributed by atoms with Crippen molar-refractivity contribution in [2.45, 2.75) is 26.9 Å². The van der Waals surface area contributed by atoms with Gasteiger partial charge in [-0.3, -0.25) is 0 Å². The molecule has 0 aliphatic rings. The zero-order chi connectivity index (χ0) is 21.0. The van der Waals surface area contributed by atoms with Gasteiger partial charge in [0.1, 0.15) is 18.1 Å². The van der Waals surface area contributed by atoms with Crippen LogP contribution in [-0.4, -0.2) is 28.2 Å². The monoisotopic (exact) mass is 418 g/mol. The molecule has 0 aliphatic carbocycles. The number of halogens is 2. The van der Waals surface area contributed by atoms with Crippen LogP contribution >= 0.6 is 12.2 Å². The van der Waals surface area contributed by atoms with Crippen molar-refractivity contribution < 1.29 is 18.3 Å². The topological polar surface area (TPSA) is 64.4 Å². The van der Waals surface area contributed by atoms with Gasteiger partial charge < -0.3 is 9.47 Å². The number of H-pyrrole nitrogens is 1. The van der Waals surface area contributed by atoms with Crippen molar-refractivity contribution in [2.75, 3.05) is 7.11 Å². The third-order valence-electron chi connectivity index (χ3n) is 4.22. The first-order valence-corrected chi connectivity index (χ1v) is 9.16. The van der Waals surface area contributed by atoms with Gasteiger partial charge in [-0.25, -0.2) is 13.9 Å². The average Bonchev–Trinajstić information content (AvgIpc) is 3.07. The predicted molar refractivity (Wildman–Crippen MR) is 109 cm³/mol. The van der Waals surface area contributed by atoms with E-state index in [-0.39, 0.29) is 11.4 Å². The Bertz CT molecular complexity index is 1090. The van der Waals surface area contributed by atoms with Crippen LogP contribution in [0.4, 0.5) is 8.78 Å². The van der Waals surface area contributed by atoms with Crippen molar-refractivity contribution in [1.82, 2.24) is 14.9 Å². The third-order valence-corrected chi connectivity index (χ3v) is 4.49. The number of alkyl halides is 2.